The molecule has 1 fully saturated rings. The molecule has 2 N–H and O–H groups in total. The Morgan fingerprint density at radius 2 is 1.94 bits per heavy atom. The molecule has 0 aliphatic heterocycles. The lowest BCUT2D eigenvalue weighted by Crippen LogP contribution is -2.14. The van der Waals surface area contributed by atoms with Crippen molar-refractivity contribution < 1.29 is 19.8 Å². The maximum absolute atomic E-state index is 11.0. The monoisotopic (exact) mass is 234 g/mol. The van der Waals surface area contributed by atoms with Crippen molar-refractivity contribution >= 4 is 11.9 Å². The molecule has 4 heteroatoms. The highest BCUT2D eigenvalue weighted by molar-refractivity contribution is 5.89. The van der Waals surface area contributed by atoms with Crippen LogP contribution in [0.5, 0.6) is 0 Å². The predicted molar refractivity (Wildman–Crippen MR) is 61.3 cm³/mol. The van der Waals surface area contributed by atoms with Crippen molar-refractivity contribution in [3.8, 4) is 0 Å². The van der Waals surface area contributed by atoms with Crippen LogP contribution in [0.25, 0.3) is 0 Å². The molecule has 2 rings (SSSR count). The van der Waals surface area contributed by atoms with Crippen LogP contribution in [-0.4, -0.2) is 22.2 Å². The first kappa shape index (κ1) is 11.6. The second-order valence-corrected chi connectivity index (χ2v) is 4.69. The molecule has 1 saturated carbocycles. The van der Waals surface area contributed by atoms with Crippen molar-refractivity contribution in [2.24, 2.45) is 0 Å². The number of benzene rings is 1. The number of hydrogen-bond acceptors (Lipinski definition) is 2. The van der Waals surface area contributed by atoms with E-state index in [-0.39, 0.29) is 17.4 Å². The van der Waals surface area contributed by atoms with E-state index in [1.54, 1.807) is 19.1 Å². The van der Waals surface area contributed by atoms with E-state index >= 15 is 0 Å². The molecule has 1 aliphatic carbocycles. The summed E-state index contributed by atoms with van der Waals surface area (Å²) in [7, 11) is 0. The van der Waals surface area contributed by atoms with Gasteiger partial charge in [-0.05, 0) is 37.0 Å². The van der Waals surface area contributed by atoms with Crippen LogP contribution >= 0.6 is 0 Å². The Labute approximate surface area is 98.9 Å². The summed E-state index contributed by atoms with van der Waals surface area (Å²) in [5.74, 6) is -1.80. The lowest BCUT2D eigenvalue weighted by atomic mass is 9.90. The smallest absolute Gasteiger partial charge is 0.335 e. The molecule has 1 aliphatic rings. The highest BCUT2D eigenvalue weighted by atomic mass is 16.4. The summed E-state index contributed by atoms with van der Waals surface area (Å²) in [5, 5.41) is 17.9. The number of rotatable bonds is 4. The largest absolute Gasteiger partial charge is 0.481 e. The molecule has 90 valence electrons. The summed E-state index contributed by atoms with van der Waals surface area (Å²) in [6.45, 7) is 1.74. The molecule has 0 unspecified atom stereocenters. The van der Waals surface area contributed by atoms with Gasteiger partial charge in [0.1, 0.15) is 0 Å². The zero-order chi connectivity index (χ0) is 12.6. The first-order chi connectivity index (χ1) is 7.94. The van der Waals surface area contributed by atoms with Gasteiger partial charge in [-0.25, -0.2) is 4.79 Å². The molecule has 4 nitrogen and oxygen atoms in total. The topological polar surface area (TPSA) is 74.6 Å². The van der Waals surface area contributed by atoms with Gasteiger partial charge in [0.05, 0.1) is 12.0 Å². The summed E-state index contributed by atoms with van der Waals surface area (Å²) in [6.07, 6.45) is 1.72. The van der Waals surface area contributed by atoms with Crippen molar-refractivity contribution in [3.63, 3.8) is 0 Å². The van der Waals surface area contributed by atoms with Crippen LogP contribution in [0.15, 0.2) is 18.2 Å². The third-order valence-corrected chi connectivity index (χ3v) is 3.42. The maximum Gasteiger partial charge on any atom is 0.335 e. The van der Waals surface area contributed by atoms with Gasteiger partial charge in [0.2, 0.25) is 0 Å². The average Bonchev–Trinajstić information content (AvgIpc) is 2.97. The first-order valence-corrected chi connectivity index (χ1v) is 5.51. The summed E-state index contributed by atoms with van der Waals surface area (Å²) in [5.41, 5.74) is 1.47. The Morgan fingerprint density at radius 3 is 2.41 bits per heavy atom. The first-order valence-electron chi connectivity index (χ1n) is 5.51. The number of hydrogen-bond donors (Lipinski definition) is 2. The van der Waals surface area contributed by atoms with Crippen molar-refractivity contribution in [2.45, 2.75) is 31.6 Å². The van der Waals surface area contributed by atoms with Gasteiger partial charge in [-0.3, -0.25) is 4.79 Å². The van der Waals surface area contributed by atoms with E-state index in [4.69, 9.17) is 10.2 Å². The number of aryl methyl sites for hydroxylation is 1. The number of carboxylic acids is 2. The van der Waals surface area contributed by atoms with Gasteiger partial charge in [-0.15, -0.1) is 0 Å². The van der Waals surface area contributed by atoms with E-state index in [0.717, 1.165) is 18.4 Å². The fourth-order valence-corrected chi connectivity index (χ4v) is 2.19. The molecule has 0 radical (unpaired) electrons. The van der Waals surface area contributed by atoms with Crippen LogP contribution in [0.4, 0.5) is 0 Å². The predicted octanol–water partition coefficient (Wildman–Crippen LogP) is 2.20. The quantitative estimate of drug-likeness (QED) is 0.837. The standard InChI is InChI=1S/C13H14O4/c1-8-2-3-9(6-10(8)12(16)17)13(4-5-13)7-11(14)15/h2-3,6H,4-5,7H2,1H3,(H,14,15)(H,16,17). The van der Waals surface area contributed by atoms with Crippen LogP contribution < -0.4 is 0 Å². The van der Waals surface area contributed by atoms with Crippen LogP contribution in [0.3, 0.4) is 0 Å². The Kier molecular flexibility index (Phi) is 2.65. The fraction of sp³-hybridized carbons (Fsp3) is 0.385. The van der Waals surface area contributed by atoms with Gasteiger partial charge in [0.15, 0.2) is 0 Å². The Hall–Kier alpha value is -1.84. The number of aromatic carboxylic acids is 1. The molecule has 1 aromatic carbocycles. The summed E-state index contributed by atoms with van der Waals surface area (Å²) < 4.78 is 0. The lowest BCUT2D eigenvalue weighted by Gasteiger charge is -2.14. The summed E-state index contributed by atoms with van der Waals surface area (Å²) >= 11 is 0. The van der Waals surface area contributed by atoms with Gasteiger partial charge in [-0.2, -0.15) is 0 Å². The van der Waals surface area contributed by atoms with E-state index in [1.165, 1.54) is 0 Å². The molecule has 0 amide bonds. The molecular weight excluding hydrogens is 220 g/mol. The van der Waals surface area contributed by atoms with E-state index in [9.17, 15) is 9.59 Å². The molecule has 0 aromatic heterocycles. The Morgan fingerprint density at radius 1 is 1.29 bits per heavy atom. The van der Waals surface area contributed by atoms with Crippen LogP contribution in [0, 0.1) is 6.92 Å². The molecule has 17 heavy (non-hydrogen) atoms. The highest BCUT2D eigenvalue weighted by Crippen LogP contribution is 2.51. The number of carbonyl (C=O) groups is 2. The van der Waals surface area contributed by atoms with E-state index in [1.807, 2.05) is 6.07 Å². The van der Waals surface area contributed by atoms with Gasteiger partial charge < -0.3 is 10.2 Å². The van der Waals surface area contributed by atoms with E-state index in [2.05, 4.69) is 0 Å². The second kappa shape index (κ2) is 3.87. The van der Waals surface area contributed by atoms with Crippen molar-refractivity contribution in [1.29, 1.82) is 0 Å². The molecule has 0 atom stereocenters. The zero-order valence-corrected chi connectivity index (χ0v) is 9.56. The number of carboxylic acid groups (broad SMARTS) is 2. The zero-order valence-electron chi connectivity index (χ0n) is 9.56. The van der Waals surface area contributed by atoms with Crippen LogP contribution in [-0.2, 0) is 10.2 Å². The van der Waals surface area contributed by atoms with Crippen LogP contribution in [0.1, 0.15) is 40.7 Å². The van der Waals surface area contributed by atoms with Gasteiger partial charge >= 0.3 is 11.9 Å². The van der Waals surface area contributed by atoms with Crippen molar-refractivity contribution in [1.82, 2.24) is 0 Å². The van der Waals surface area contributed by atoms with Crippen molar-refractivity contribution in [2.75, 3.05) is 0 Å². The Balaban J connectivity index is 2.37. The molecule has 0 heterocycles. The minimum Gasteiger partial charge on any atom is -0.481 e. The SMILES string of the molecule is Cc1ccc(C2(CC(=O)O)CC2)cc1C(=O)O. The molecule has 0 bridgehead atoms. The maximum atomic E-state index is 11.0. The van der Waals surface area contributed by atoms with Crippen molar-refractivity contribution in [3.05, 3.63) is 34.9 Å². The molecule has 1 aromatic rings. The number of aliphatic carboxylic acids is 1. The molecule has 0 saturated heterocycles. The normalized spacial score (nSPS) is 16.5. The van der Waals surface area contributed by atoms with E-state index < -0.39 is 11.9 Å². The summed E-state index contributed by atoms with van der Waals surface area (Å²) in [4.78, 5) is 21.8. The molecular formula is C13H14O4. The minimum atomic E-state index is -0.963. The Bertz CT molecular complexity index is 486. The third-order valence-electron chi connectivity index (χ3n) is 3.42. The lowest BCUT2D eigenvalue weighted by molar-refractivity contribution is -0.137. The average molecular weight is 234 g/mol. The van der Waals surface area contributed by atoms with Gasteiger partial charge in [0, 0.05) is 5.41 Å². The minimum absolute atomic E-state index is 0.0785. The highest BCUT2D eigenvalue weighted by Gasteiger charge is 2.46. The third kappa shape index (κ3) is 2.16. The van der Waals surface area contributed by atoms with Gasteiger partial charge in [-0.1, -0.05) is 12.1 Å². The fourth-order valence-electron chi connectivity index (χ4n) is 2.19. The summed E-state index contributed by atoms with van der Waals surface area (Å²) in [6, 6.07) is 5.21. The second-order valence-electron chi connectivity index (χ2n) is 4.69. The van der Waals surface area contributed by atoms with E-state index in [0.29, 0.717) is 5.56 Å². The van der Waals surface area contributed by atoms with Gasteiger partial charge in [0.25, 0.3) is 0 Å². The van der Waals surface area contributed by atoms with Crippen LogP contribution in [0.2, 0.25) is 0 Å². The molecule has 0 spiro atoms.